The number of aliphatic carboxylic acids is 1. The van der Waals surface area contributed by atoms with Gasteiger partial charge in [-0.25, -0.2) is 0 Å². The van der Waals surface area contributed by atoms with Gasteiger partial charge in [0.1, 0.15) is 5.75 Å². The molecule has 1 unspecified atom stereocenters. The lowest BCUT2D eigenvalue weighted by atomic mass is 9.98. The number of alkyl halides is 2. The highest BCUT2D eigenvalue weighted by molar-refractivity contribution is 5.80. The van der Waals surface area contributed by atoms with Gasteiger partial charge in [0, 0.05) is 7.11 Å². The molecule has 0 spiro atoms. The van der Waals surface area contributed by atoms with Crippen LogP contribution in [0, 0.1) is 0 Å². The van der Waals surface area contributed by atoms with Gasteiger partial charge in [-0.3, -0.25) is 9.59 Å². The minimum absolute atomic E-state index is 0.000688. The van der Waals surface area contributed by atoms with Crippen LogP contribution in [-0.2, 0) is 20.7 Å². The van der Waals surface area contributed by atoms with Crippen molar-refractivity contribution in [2.75, 3.05) is 13.7 Å². The first-order chi connectivity index (χ1) is 10.7. The molecule has 0 heterocycles. The summed E-state index contributed by atoms with van der Waals surface area (Å²) in [5.41, 5.74) is -0.449. The predicted molar refractivity (Wildman–Crippen MR) is 77.5 cm³/mol. The molecule has 8 heteroatoms. The Bertz CT molecular complexity index is 535. The summed E-state index contributed by atoms with van der Waals surface area (Å²) in [5, 5.41) is 11.5. The zero-order chi connectivity index (χ0) is 17.5. The average molecular weight is 331 g/mol. The Morgan fingerprint density at radius 2 is 1.91 bits per heavy atom. The minimum atomic E-state index is -2.91. The highest BCUT2D eigenvalue weighted by Crippen LogP contribution is 2.16. The van der Waals surface area contributed by atoms with Crippen molar-refractivity contribution < 1.29 is 33.0 Å². The molecule has 23 heavy (non-hydrogen) atoms. The number of carbonyl (C=O) groups is 2. The molecule has 1 atom stereocenters. The quantitative estimate of drug-likeness (QED) is 0.721. The number of nitrogens with one attached hydrogen (secondary N) is 1. The lowest BCUT2D eigenvalue weighted by Gasteiger charge is -2.28. The first-order valence-corrected chi connectivity index (χ1v) is 6.79. The molecule has 1 aromatic carbocycles. The summed E-state index contributed by atoms with van der Waals surface area (Å²) >= 11 is 0. The Balaban J connectivity index is 2.65. The van der Waals surface area contributed by atoms with Crippen LogP contribution in [0.4, 0.5) is 8.78 Å². The Morgan fingerprint density at radius 3 is 2.39 bits per heavy atom. The summed E-state index contributed by atoms with van der Waals surface area (Å²) in [4.78, 5) is 22.9. The molecule has 1 amide bonds. The molecule has 6 nitrogen and oxygen atoms in total. The van der Waals surface area contributed by atoms with Crippen LogP contribution in [0.15, 0.2) is 24.3 Å². The van der Waals surface area contributed by atoms with Crippen LogP contribution in [-0.4, -0.2) is 42.9 Å². The highest BCUT2D eigenvalue weighted by atomic mass is 19.3. The van der Waals surface area contributed by atoms with Crippen molar-refractivity contribution in [3.63, 3.8) is 0 Å². The van der Waals surface area contributed by atoms with Gasteiger partial charge in [-0.2, -0.15) is 8.78 Å². The standard InChI is InChI=1S/C15H19F2NO5/c1-15(9-22-2,8-13(20)21)18-12(19)7-10-3-5-11(6-4-10)23-14(16)17/h3-6,14H,7-9H2,1-2H3,(H,18,19)(H,20,21). The summed E-state index contributed by atoms with van der Waals surface area (Å²) in [5.74, 6) is -1.45. The van der Waals surface area contributed by atoms with Crippen LogP contribution in [0.25, 0.3) is 0 Å². The second kappa shape index (κ2) is 8.42. The molecule has 0 bridgehead atoms. The van der Waals surface area contributed by atoms with Gasteiger partial charge in [-0.15, -0.1) is 0 Å². The van der Waals surface area contributed by atoms with Gasteiger partial charge in [-0.05, 0) is 24.6 Å². The maximum atomic E-state index is 12.0. The minimum Gasteiger partial charge on any atom is -0.481 e. The third-order valence-electron chi connectivity index (χ3n) is 2.96. The predicted octanol–water partition coefficient (Wildman–Crippen LogP) is 1.83. The van der Waals surface area contributed by atoms with Crippen molar-refractivity contribution in [2.45, 2.75) is 31.9 Å². The van der Waals surface area contributed by atoms with Crippen LogP contribution in [0.1, 0.15) is 18.9 Å². The maximum Gasteiger partial charge on any atom is 0.387 e. The number of benzene rings is 1. The van der Waals surface area contributed by atoms with E-state index in [0.717, 1.165) is 0 Å². The second-order valence-corrected chi connectivity index (χ2v) is 5.31. The second-order valence-electron chi connectivity index (χ2n) is 5.31. The number of halogens is 2. The highest BCUT2D eigenvalue weighted by Gasteiger charge is 2.29. The van der Waals surface area contributed by atoms with E-state index in [1.807, 2.05) is 0 Å². The number of hydrogen-bond donors (Lipinski definition) is 2. The summed E-state index contributed by atoms with van der Waals surface area (Å²) in [6.45, 7) is -1.29. The third kappa shape index (κ3) is 7.05. The number of carboxylic acids is 1. The van der Waals surface area contributed by atoms with Crippen molar-refractivity contribution in [3.8, 4) is 5.75 Å². The Hall–Kier alpha value is -2.22. The topological polar surface area (TPSA) is 84.9 Å². The molecule has 0 aromatic heterocycles. The summed E-state index contributed by atoms with van der Waals surface area (Å²) in [6, 6.07) is 5.64. The molecule has 0 aliphatic carbocycles. The maximum absolute atomic E-state index is 12.0. The molecule has 0 saturated carbocycles. The third-order valence-corrected chi connectivity index (χ3v) is 2.96. The number of amides is 1. The van der Waals surface area contributed by atoms with E-state index in [2.05, 4.69) is 10.1 Å². The van der Waals surface area contributed by atoms with Gasteiger partial charge in [-0.1, -0.05) is 12.1 Å². The number of carboxylic acid groups (broad SMARTS) is 1. The van der Waals surface area contributed by atoms with Crippen molar-refractivity contribution >= 4 is 11.9 Å². The molecule has 0 saturated heterocycles. The summed E-state index contributed by atoms with van der Waals surface area (Å²) in [6.07, 6.45) is -0.304. The van der Waals surface area contributed by atoms with E-state index in [4.69, 9.17) is 9.84 Å². The molecule has 0 aliphatic rings. The van der Waals surface area contributed by atoms with E-state index in [1.165, 1.54) is 31.4 Å². The van der Waals surface area contributed by atoms with Gasteiger partial charge in [0.25, 0.3) is 0 Å². The van der Waals surface area contributed by atoms with E-state index in [0.29, 0.717) is 5.56 Å². The lowest BCUT2D eigenvalue weighted by Crippen LogP contribution is -2.51. The Morgan fingerprint density at radius 1 is 1.30 bits per heavy atom. The molecule has 0 aliphatic heterocycles. The molecule has 1 aromatic rings. The van der Waals surface area contributed by atoms with Crippen LogP contribution >= 0.6 is 0 Å². The van der Waals surface area contributed by atoms with Gasteiger partial charge < -0.3 is 19.9 Å². The fourth-order valence-electron chi connectivity index (χ4n) is 2.14. The van der Waals surface area contributed by atoms with Gasteiger partial charge in [0.2, 0.25) is 5.91 Å². The first-order valence-electron chi connectivity index (χ1n) is 6.79. The van der Waals surface area contributed by atoms with E-state index < -0.39 is 24.0 Å². The van der Waals surface area contributed by atoms with Crippen LogP contribution in [0.5, 0.6) is 5.75 Å². The molecule has 0 radical (unpaired) electrons. The molecule has 128 valence electrons. The van der Waals surface area contributed by atoms with Gasteiger partial charge in [0.15, 0.2) is 0 Å². The molecular formula is C15H19F2NO5. The smallest absolute Gasteiger partial charge is 0.387 e. The number of hydrogen-bond acceptors (Lipinski definition) is 4. The monoisotopic (exact) mass is 331 g/mol. The lowest BCUT2D eigenvalue weighted by molar-refractivity contribution is -0.139. The van der Waals surface area contributed by atoms with E-state index >= 15 is 0 Å². The number of ether oxygens (including phenoxy) is 2. The molecular weight excluding hydrogens is 312 g/mol. The number of rotatable bonds is 9. The fourth-order valence-corrected chi connectivity index (χ4v) is 2.14. The fraction of sp³-hybridized carbons (Fsp3) is 0.467. The largest absolute Gasteiger partial charge is 0.481 e. The van der Waals surface area contributed by atoms with E-state index in [1.54, 1.807) is 6.92 Å². The Kier molecular flexibility index (Phi) is 6.89. The normalized spacial score (nSPS) is 13.4. The summed E-state index contributed by atoms with van der Waals surface area (Å²) in [7, 11) is 1.41. The number of methoxy groups -OCH3 is 1. The first kappa shape index (κ1) is 18.8. The van der Waals surface area contributed by atoms with Crippen molar-refractivity contribution in [2.24, 2.45) is 0 Å². The van der Waals surface area contributed by atoms with Crippen LogP contribution in [0.3, 0.4) is 0 Å². The molecule has 2 N–H and O–H groups in total. The van der Waals surface area contributed by atoms with E-state index in [9.17, 15) is 18.4 Å². The Labute approximate surface area is 132 Å². The van der Waals surface area contributed by atoms with E-state index in [-0.39, 0.29) is 25.2 Å². The van der Waals surface area contributed by atoms with Crippen LogP contribution < -0.4 is 10.1 Å². The zero-order valence-electron chi connectivity index (χ0n) is 12.8. The van der Waals surface area contributed by atoms with Crippen molar-refractivity contribution in [3.05, 3.63) is 29.8 Å². The number of carbonyl (C=O) groups excluding carboxylic acids is 1. The van der Waals surface area contributed by atoms with Crippen molar-refractivity contribution in [1.82, 2.24) is 5.32 Å². The van der Waals surface area contributed by atoms with Gasteiger partial charge >= 0.3 is 12.6 Å². The van der Waals surface area contributed by atoms with Crippen LogP contribution in [0.2, 0.25) is 0 Å². The average Bonchev–Trinajstić information content (AvgIpc) is 2.39. The SMILES string of the molecule is COCC(C)(CC(=O)O)NC(=O)Cc1ccc(OC(F)F)cc1. The van der Waals surface area contributed by atoms with Crippen molar-refractivity contribution in [1.29, 1.82) is 0 Å². The summed E-state index contributed by atoms with van der Waals surface area (Å²) < 4.78 is 33.3. The molecule has 1 rings (SSSR count). The van der Waals surface area contributed by atoms with Gasteiger partial charge in [0.05, 0.1) is 25.0 Å². The zero-order valence-corrected chi connectivity index (χ0v) is 12.8. The molecule has 0 fully saturated rings.